The standard InChI is InChI=1S/C23H25FN4O3S/c24-19-4-2-1-3-16(19)5-10-25-21(30)17-6-11-27(12-7-17)20(29)8-13-28-15-26-22-18(23(28)31)9-14-32-22/h1-4,9,14-15,17H,5-8,10-13H2,(H,25,30). The SMILES string of the molecule is O=C(NCCc1ccccc1F)C1CCN(C(=O)CCn2cnc3sccc3c2=O)CC1. The van der Waals surface area contributed by atoms with Crippen molar-refractivity contribution in [1.82, 2.24) is 19.8 Å². The third kappa shape index (κ3) is 5.04. The number of carbonyl (C=O) groups excluding carboxylic acids is 2. The molecule has 1 fully saturated rings. The lowest BCUT2D eigenvalue weighted by Gasteiger charge is -2.31. The quantitative estimate of drug-likeness (QED) is 0.592. The van der Waals surface area contributed by atoms with Crippen LogP contribution in [0.3, 0.4) is 0 Å². The molecule has 7 nitrogen and oxygen atoms in total. The van der Waals surface area contributed by atoms with Gasteiger partial charge in [-0.2, -0.15) is 0 Å². The Kier molecular flexibility index (Phi) is 6.94. The number of piperidine rings is 1. The molecule has 2 amide bonds. The fourth-order valence-electron chi connectivity index (χ4n) is 3.98. The maximum atomic E-state index is 13.7. The van der Waals surface area contributed by atoms with Crippen LogP contribution in [0.1, 0.15) is 24.8 Å². The first-order valence-corrected chi connectivity index (χ1v) is 11.6. The molecule has 4 rings (SSSR count). The number of nitrogens with one attached hydrogen (secondary N) is 1. The molecular weight excluding hydrogens is 431 g/mol. The van der Waals surface area contributed by atoms with Gasteiger partial charge in [-0.1, -0.05) is 18.2 Å². The minimum atomic E-state index is -0.262. The summed E-state index contributed by atoms with van der Waals surface area (Å²) in [5, 5.41) is 5.29. The van der Waals surface area contributed by atoms with Gasteiger partial charge in [0.15, 0.2) is 0 Å². The summed E-state index contributed by atoms with van der Waals surface area (Å²) in [5.41, 5.74) is 0.454. The normalized spacial score (nSPS) is 14.6. The number of amides is 2. The van der Waals surface area contributed by atoms with E-state index in [0.717, 1.165) is 0 Å². The van der Waals surface area contributed by atoms with Crippen LogP contribution in [0.4, 0.5) is 4.39 Å². The summed E-state index contributed by atoms with van der Waals surface area (Å²) in [6, 6.07) is 8.30. The van der Waals surface area contributed by atoms with Gasteiger partial charge in [0.05, 0.1) is 11.7 Å². The molecule has 3 aromatic rings. The Morgan fingerprint density at radius 1 is 1.19 bits per heavy atom. The molecule has 1 aliphatic rings. The summed E-state index contributed by atoms with van der Waals surface area (Å²) < 4.78 is 15.1. The number of aromatic nitrogens is 2. The Hall–Kier alpha value is -3.07. The Morgan fingerprint density at radius 3 is 2.75 bits per heavy atom. The van der Waals surface area contributed by atoms with Crippen molar-refractivity contribution in [3.8, 4) is 0 Å². The first-order valence-electron chi connectivity index (χ1n) is 10.7. The van der Waals surface area contributed by atoms with Crippen molar-refractivity contribution in [3.05, 3.63) is 63.8 Å². The summed E-state index contributed by atoms with van der Waals surface area (Å²) >= 11 is 1.42. The molecule has 9 heteroatoms. The number of hydrogen-bond donors (Lipinski definition) is 1. The molecule has 168 valence electrons. The zero-order chi connectivity index (χ0) is 22.5. The first-order chi connectivity index (χ1) is 15.5. The minimum Gasteiger partial charge on any atom is -0.356 e. The summed E-state index contributed by atoms with van der Waals surface area (Å²) in [5.74, 6) is -0.481. The van der Waals surface area contributed by atoms with Crippen LogP contribution in [0.5, 0.6) is 0 Å². The summed E-state index contributed by atoms with van der Waals surface area (Å²) in [6.07, 6.45) is 3.35. The molecule has 0 saturated carbocycles. The van der Waals surface area contributed by atoms with Crippen molar-refractivity contribution in [2.75, 3.05) is 19.6 Å². The van der Waals surface area contributed by atoms with Crippen LogP contribution in [0.25, 0.3) is 10.2 Å². The molecule has 0 atom stereocenters. The van der Waals surface area contributed by atoms with Gasteiger partial charge in [-0.3, -0.25) is 19.0 Å². The predicted octanol–water partition coefficient (Wildman–Crippen LogP) is 2.58. The molecule has 1 N–H and O–H groups in total. The van der Waals surface area contributed by atoms with Crippen molar-refractivity contribution < 1.29 is 14.0 Å². The Balaban J connectivity index is 1.21. The van der Waals surface area contributed by atoms with E-state index in [1.165, 1.54) is 28.3 Å². The topological polar surface area (TPSA) is 84.3 Å². The smallest absolute Gasteiger partial charge is 0.262 e. The number of fused-ring (bicyclic) bond motifs is 1. The predicted molar refractivity (Wildman–Crippen MR) is 121 cm³/mol. The lowest BCUT2D eigenvalue weighted by atomic mass is 9.95. The average molecular weight is 457 g/mol. The van der Waals surface area contributed by atoms with E-state index in [4.69, 9.17) is 0 Å². The third-order valence-electron chi connectivity index (χ3n) is 5.89. The van der Waals surface area contributed by atoms with E-state index < -0.39 is 0 Å². The molecule has 0 spiro atoms. The largest absolute Gasteiger partial charge is 0.356 e. The minimum absolute atomic E-state index is 0.0271. The van der Waals surface area contributed by atoms with Gasteiger partial charge < -0.3 is 10.2 Å². The summed E-state index contributed by atoms with van der Waals surface area (Å²) in [6.45, 7) is 1.70. The number of aryl methyl sites for hydroxylation is 1. The highest BCUT2D eigenvalue weighted by molar-refractivity contribution is 7.16. The molecule has 0 bridgehead atoms. The van der Waals surface area contributed by atoms with Crippen LogP contribution >= 0.6 is 11.3 Å². The van der Waals surface area contributed by atoms with Crippen LogP contribution in [-0.4, -0.2) is 45.9 Å². The van der Waals surface area contributed by atoms with E-state index in [0.29, 0.717) is 54.7 Å². The van der Waals surface area contributed by atoms with Gasteiger partial charge in [-0.05, 0) is 42.3 Å². The number of hydrogen-bond acceptors (Lipinski definition) is 5. The number of nitrogens with zero attached hydrogens (tertiary/aromatic N) is 3. The monoisotopic (exact) mass is 456 g/mol. The highest BCUT2D eigenvalue weighted by atomic mass is 32.1. The van der Waals surface area contributed by atoms with Crippen molar-refractivity contribution in [2.45, 2.75) is 32.2 Å². The van der Waals surface area contributed by atoms with Crippen LogP contribution in [-0.2, 0) is 22.6 Å². The summed E-state index contributed by atoms with van der Waals surface area (Å²) in [4.78, 5) is 44.2. The number of thiophene rings is 1. The zero-order valence-electron chi connectivity index (χ0n) is 17.6. The molecule has 2 aromatic heterocycles. The third-order valence-corrected chi connectivity index (χ3v) is 6.71. The van der Waals surface area contributed by atoms with Crippen LogP contribution in [0.2, 0.25) is 0 Å². The van der Waals surface area contributed by atoms with Crippen molar-refractivity contribution >= 4 is 33.4 Å². The highest BCUT2D eigenvalue weighted by Gasteiger charge is 2.27. The van der Waals surface area contributed by atoms with Crippen molar-refractivity contribution in [3.63, 3.8) is 0 Å². The molecule has 32 heavy (non-hydrogen) atoms. The average Bonchev–Trinajstić information content (AvgIpc) is 3.29. The van der Waals surface area contributed by atoms with E-state index in [-0.39, 0.29) is 42.1 Å². The van der Waals surface area contributed by atoms with Gasteiger partial charge in [-0.15, -0.1) is 11.3 Å². The van der Waals surface area contributed by atoms with E-state index in [1.54, 1.807) is 29.2 Å². The second-order valence-corrected chi connectivity index (χ2v) is 8.81. The van der Waals surface area contributed by atoms with E-state index in [9.17, 15) is 18.8 Å². The van der Waals surface area contributed by atoms with E-state index >= 15 is 0 Å². The molecule has 0 aliphatic carbocycles. The van der Waals surface area contributed by atoms with Crippen molar-refractivity contribution in [1.29, 1.82) is 0 Å². The fraction of sp³-hybridized carbons (Fsp3) is 0.391. The van der Waals surface area contributed by atoms with Gasteiger partial charge in [0.25, 0.3) is 5.56 Å². The molecule has 0 unspecified atom stereocenters. The highest BCUT2D eigenvalue weighted by Crippen LogP contribution is 2.18. The number of benzene rings is 1. The Bertz CT molecular complexity index is 1170. The number of rotatable bonds is 7. The van der Waals surface area contributed by atoms with Gasteiger partial charge in [-0.25, -0.2) is 9.37 Å². The fourth-order valence-corrected chi connectivity index (χ4v) is 4.71. The van der Waals surface area contributed by atoms with Crippen molar-refractivity contribution in [2.24, 2.45) is 5.92 Å². The van der Waals surface area contributed by atoms with Crippen LogP contribution in [0, 0.1) is 11.7 Å². The molecule has 1 aromatic carbocycles. The molecule has 3 heterocycles. The molecule has 1 aliphatic heterocycles. The van der Waals surface area contributed by atoms with Gasteiger partial charge >= 0.3 is 0 Å². The van der Waals surface area contributed by atoms with Crippen LogP contribution in [0.15, 0.2) is 46.8 Å². The maximum Gasteiger partial charge on any atom is 0.262 e. The van der Waals surface area contributed by atoms with E-state index in [1.807, 2.05) is 5.38 Å². The lowest BCUT2D eigenvalue weighted by molar-refractivity contribution is -0.135. The maximum absolute atomic E-state index is 13.7. The number of carbonyl (C=O) groups is 2. The zero-order valence-corrected chi connectivity index (χ0v) is 18.4. The van der Waals surface area contributed by atoms with Gasteiger partial charge in [0.1, 0.15) is 10.6 Å². The number of likely N-dealkylation sites (tertiary alicyclic amines) is 1. The van der Waals surface area contributed by atoms with Gasteiger partial charge in [0, 0.05) is 38.5 Å². The first kappa shape index (κ1) is 22.1. The Morgan fingerprint density at radius 2 is 1.97 bits per heavy atom. The molecule has 0 radical (unpaired) electrons. The van der Waals surface area contributed by atoms with E-state index in [2.05, 4.69) is 10.3 Å². The van der Waals surface area contributed by atoms with Crippen LogP contribution < -0.4 is 10.9 Å². The van der Waals surface area contributed by atoms with Gasteiger partial charge in [0.2, 0.25) is 11.8 Å². The summed E-state index contributed by atoms with van der Waals surface area (Å²) in [7, 11) is 0. The second kappa shape index (κ2) is 10.0. The Labute approximate surface area is 188 Å². The number of halogens is 1. The second-order valence-electron chi connectivity index (χ2n) is 7.92. The molecule has 1 saturated heterocycles. The lowest BCUT2D eigenvalue weighted by Crippen LogP contribution is -2.43. The molecular formula is C23H25FN4O3S.